The number of pyridine rings is 1. The molecule has 0 aliphatic carbocycles. The second-order valence-electron chi connectivity index (χ2n) is 4.02. The van der Waals surface area contributed by atoms with Gasteiger partial charge in [-0.15, -0.1) is 0 Å². The second-order valence-corrected chi connectivity index (χ2v) is 4.02. The van der Waals surface area contributed by atoms with E-state index in [9.17, 15) is 4.79 Å². The monoisotopic (exact) mass is 227 g/mol. The summed E-state index contributed by atoms with van der Waals surface area (Å²) in [6.07, 6.45) is 1.76. The highest BCUT2D eigenvalue weighted by atomic mass is 16.4. The molecular weight excluding hydrogens is 214 g/mol. The van der Waals surface area contributed by atoms with Gasteiger partial charge in [-0.1, -0.05) is 6.07 Å². The molecule has 0 saturated heterocycles. The van der Waals surface area contributed by atoms with E-state index in [1.54, 1.807) is 18.3 Å². The van der Waals surface area contributed by atoms with Crippen molar-refractivity contribution in [2.75, 3.05) is 0 Å². The average molecular weight is 227 g/mol. The van der Waals surface area contributed by atoms with Crippen molar-refractivity contribution in [3.05, 3.63) is 53.3 Å². The van der Waals surface area contributed by atoms with Crippen molar-refractivity contribution in [2.24, 2.45) is 0 Å². The predicted molar refractivity (Wildman–Crippen MR) is 66.1 cm³/mol. The highest BCUT2D eigenvalue weighted by Crippen LogP contribution is 2.24. The first-order valence-corrected chi connectivity index (χ1v) is 5.35. The Bertz CT molecular complexity index is 576. The molecule has 3 nitrogen and oxygen atoms in total. The van der Waals surface area contributed by atoms with Crippen molar-refractivity contribution < 1.29 is 9.90 Å². The Balaban J connectivity index is 2.50. The minimum absolute atomic E-state index is 0.317. The maximum Gasteiger partial charge on any atom is 0.335 e. The molecule has 17 heavy (non-hydrogen) atoms. The van der Waals surface area contributed by atoms with Crippen LogP contribution in [-0.4, -0.2) is 16.1 Å². The van der Waals surface area contributed by atoms with Crippen molar-refractivity contribution >= 4 is 5.97 Å². The lowest BCUT2D eigenvalue weighted by Gasteiger charge is -2.07. The molecule has 0 amide bonds. The average Bonchev–Trinajstić information content (AvgIpc) is 2.28. The number of aromatic nitrogens is 1. The van der Waals surface area contributed by atoms with E-state index in [4.69, 9.17) is 5.11 Å². The molecule has 2 aromatic rings. The number of carbonyl (C=O) groups is 1. The summed E-state index contributed by atoms with van der Waals surface area (Å²) >= 11 is 0. The molecule has 1 aromatic carbocycles. The molecule has 1 N–H and O–H groups in total. The van der Waals surface area contributed by atoms with Crippen LogP contribution in [0.15, 0.2) is 36.5 Å². The smallest absolute Gasteiger partial charge is 0.335 e. The van der Waals surface area contributed by atoms with Crippen LogP contribution in [0, 0.1) is 13.8 Å². The first-order chi connectivity index (χ1) is 8.08. The third kappa shape index (κ3) is 2.33. The van der Waals surface area contributed by atoms with E-state index >= 15 is 0 Å². The summed E-state index contributed by atoms with van der Waals surface area (Å²) in [5.74, 6) is -0.898. The summed E-state index contributed by atoms with van der Waals surface area (Å²) in [6, 6.07) is 9.07. The zero-order chi connectivity index (χ0) is 12.4. The number of carboxylic acid groups (broad SMARTS) is 1. The summed E-state index contributed by atoms with van der Waals surface area (Å²) in [5, 5.41) is 8.90. The Morgan fingerprint density at radius 3 is 2.53 bits per heavy atom. The van der Waals surface area contributed by atoms with Crippen LogP contribution in [-0.2, 0) is 0 Å². The third-order valence-corrected chi connectivity index (χ3v) is 2.68. The number of nitrogens with zero attached hydrogens (tertiary/aromatic N) is 1. The Morgan fingerprint density at radius 2 is 1.94 bits per heavy atom. The number of aryl methyl sites for hydroxylation is 2. The normalized spacial score (nSPS) is 10.2. The van der Waals surface area contributed by atoms with Gasteiger partial charge >= 0.3 is 5.97 Å². The molecule has 0 aliphatic heterocycles. The lowest BCUT2D eigenvalue weighted by Crippen LogP contribution is -1.97. The number of benzene rings is 1. The molecule has 3 heteroatoms. The van der Waals surface area contributed by atoms with Gasteiger partial charge in [0, 0.05) is 11.9 Å². The van der Waals surface area contributed by atoms with Gasteiger partial charge in [-0.05, 0) is 54.8 Å². The van der Waals surface area contributed by atoms with Crippen LogP contribution >= 0.6 is 0 Å². The minimum Gasteiger partial charge on any atom is -0.478 e. The molecule has 0 aliphatic rings. The van der Waals surface area contributed by atoms with Crippen LogP contribution in [0.1, 0.15) is 21.6 Å². The SMILES string of the molecule is Cc1cc(-c2ccc(C(=O)O)cc2C)ccn1. The van der Waals surface area contributed by atoms with E-state index in [-0.39, 0.29) is 0 Å². The maximum atomic E-state index is 10.8. The molecule has 0 bridgehead atoms. The van der Waals surface area contributed by atoms with Gasteiger partial charge in [0.2, 0.25) is 0 Å². The van der Waals surface area contributed by atoms with E-state index in [1.165, 1.54) is 0 Å². The van der Waals surface area contributed by atoms with E-state index < -0.39 is 5.97 Å². The molecular formula is C14H13NO2. The summed E-state index contributed by atoms with van der Waals surface area (Å²) in [4.78, 5) is 15.0. The summed E-state index contributed by atoms with van der Waals surface area (Å²) in [6.45, 7) is 3.85. The van der Waals surface area contributed by atoms with E-state index in [2.05, 4.69) is 4.98 Å². The summed E-state index contributed by atoms with van der Waals surface area (Å²) in [7, 11) is 0. The van der Waals surface area contributed by atoms with Crippen molar-refractivity contribution in [3.8, 4) is 11.1 Å². The van der Waals surface area contributed by atoms with Crippen molar-refractivity contribution in [3.63, 3.8) is 0 Å². The van der Waals surface area contributed by atoms with Gasteiger partial charge in [0.25, 0.3) is 0 Å². The van der Waals surface area contributed by atoms with Crippen molar-refractivity contribution in [1.29, 1.82) is 0 Å². The third-order valence-electron chi connectivity index (χ3n) is 2.68. The van der Waals surface area contributed by atoms with Gasteiger partial charge in [0.15, 0.2) is 0 Å². The largest absolute Gasteiger partial charge is 0.478 e. The fourth-order valence-electron chi connectivity index (χ4n) is 1.83. The summed E-state index contributed by atoms with van der Waals surface area (Å²) in [5.41, 5.74) is 4.32. The van der Waals surface area contributed by atoms with Gasteiger partial charge in [-0.2, -0.15) is 0 Å². The summed E-state index contributed by atoms with van der Waals surface area (Å²) < 4.78 is 0. The second kappa shape index (κ2) is 4.37. The van der Waals surface area contributed by atoms with E-state index in [0.29, 0.717) is 5.56 Å². The maximum absolute atomic E-state index is 10.8. The zero-order valence-corrected chi connectivity index (χ0v) is 9.77. The van der Waals surface area contributed by atoms with Crippen LogP contribution in [0.5, 0.6) is 0 Å². The Labute approximate surface area is 99.8 Å². The van der Waals surface area contributed by atoms with Gasteiger partial charge in [-0.25, -0.2) is 4.79 Å². The van der Waals surface area contributed by atoms with Crippen molar-refractivity contribution in [2.45, 2.75) is 13.8 Å². The molecule has 2 rings (SSSR count). The van der Waals surface area contributed by atoms with Crippen LogP contribution in [0.3, 0.4) is 0 Å². The molecule has 86 valence electrons. The number of rotatable bonds is 2. The Kier molecular flexibility index (Phi) is 2.91. The van der Waals surface area contributed by atoms with Crippen LogP contribution < -0.4 is 0 Å². The molecule has 1 heterocycles. The highest BCUT2D eigenvalue weighted by molar-refractivity contribution is 5.89. The fraction of sp³-hybridized carbons (Fsp3) is 0.143. The molecule has 1 aromatic heterocycles. The number of hydrogen-bond donors (Lipinski definition) is 1. The number of hydrogen-bond acceptors (Lipinski definition) is 2. The topological polar surface area (TPSA) is 50.2 Å². The highest BCUT2D eigenvalue weighted by Gasteiger charge is 2.07. The lowest BCUT2D eigenvalue weighted by molar-refractivity contribution is 0.0697. The van der Waals surface area contributed by atoms with Gasteiger partial charge in [0.1, 0.15) is 0 Å². The molecule has 0 saturated carbocycles. The predicted octanol–water partition coefficient (Wildman–Crippen LogP) is 3.06. The quantitative estimate of drug-likeness (QED) is 0.857. The molecule has 0 unspecified atom stereocenters. The Hall–Kier alpha value is -2.16. The van der Waals surface area contributed by atoms with Gasteiger partial charge in [-0.3, -0.25) is 4.98 Å². The molecule has 0 radical (unpaired) electrons. The van der Waals surface area contributed by atoms with E-state index in [1.807, 2.05) is 32.0 Å². The van der Waals surface area contributed by atoms with Crippen LogP contribution in [0.25, 0.3) is 11.1 Å². The van der Waals surface area contributed by atoms with Gasteiger partial charge in [0.05, 0.1) is 5.56 Å². The molecule has 0 fully saturated rings. The lowest BCUT2D eigenvalue weighted by atomic mass is 9.99. The zero-order valence-electron chi connectivity index (χ0n) is 9.77. The minimum atomic E-state index is -0.898. The van der Waals surface area contributed by atoms with Crippen LogP contribution in [0.2, 0.25) is 0 Å². The first-order valence-electron chi connectivity index (χ1n) is 5.35. The first kappa shape index (κ1) is 11.3. The standard InChI is InChI=1S/C14H13NO2/c1-9-7-12(14(16)17)3-4-13(9)11-5-6-15-10(2)8-11/h3-8H,1-2H3,(H,16,17). The Morgan fingerprint density at radius 1 is 1.18 bits per heavy atom. The van der Waals surface area contributed by atoms with Gasteiger partial charge < -0.3 is 5.11 Å². The number of carboxylic acids is 1. The molecule has 0 atom stereocenters. The van der Waals surface area contributed by atoms with E-state index in [0.717, 1.165) is 22.4 Å². The fourth-order valence-corrected chi connectivity index (χ4v) is 1.83. The number of aromatic carboxylic acids is 1. The van der Waals surface area contributed by atoms with Crippen LogP contribution in [0.4, 0.5) is 0 Å². The van der Waals surface area contributed by atoms with Crippen molar-refractivity contribution in [1.82, 2.24) is 4.98 Å². The molecule has 0 spiro atoms.